The van der Waals surface area contributed by atoms with E-state index in [1.54, 1.807) is 18.2 Å². The quantitative estimate of drug-likeness (QED) is 0.943. The molecule has 0 saturated heterocycles. The molecule has 8 heteroatoms. The highest BCUT2D eigenvalue weighted by molar-refractivity contribution is 5.72. The predicted molar refractivity (Wildman–Crippen MR) is 70.0 cm³/mol. The van der Waals surface area contributed by atoms with Crippen LogP contribution in [0.4, 0.5) is 19.0 Å². The molecule has 112 valence electrons. The highest BCUT2D eigenvalue weighted by Gasteiger charge is 2.35. The summed E-state index contributed by atoms with van der Waals surface area (Å²) in [5.41, 5.74) is 5.77. The van der Waals surface area contributed by atoms with Gasteiger partial charge in [0.2, 0.25) is 5.82 Å². The van der Waals surface area contributed by atoms with Gasteiger partial charge in [-0.15, -0.1) is 0 Å². The number of hydrogen-bond donors (Lipinski definition) is 1. The number of nitrogens with zero attached hydrogens (tertiary/aromatic N) is 2. The summed E-state index contributed by atoms with van der Waals surface area (Å²) in [7, 11) is 2.81. The second-order valence-electron chi connectivity index (χ2n) is 4.04. The van der Waals surface area contributed by atoms with Gasteiger partial charge in [0.15, 0.2) is 11.5 Å². The van der Waals surface area contributed by atoms with Gasteiger partial charge in [-0.1, -0.05) is 6.07 Å². The van der Waals surface area contributed by atoms with E-state index in [0.29, 0.717) is 11.3 Å². The molecule has 1 heterocycles. The van der Waals surface area contributed by atoms with Crippen molar-refractivity contribution in [3.8, 4) is 22.8 Å². The van der Waals surface area contributed by atoms with Gasteiger partial charge >= 0.3 is 6.18 Å². The van der Waals surface area contributed by atoms with E-state index in [0.717, 1.165) is 0 Å². The number of nitrogens with two attached hydrogens (primary N) is 1. The Balaban J connectivity index is 2.65. The Labute approximate surface area is 118 Å². The zero-order chi connectivity index (χ0) is 15.6. The van der Waals surface area contributed by atoms with Crippen LogP contribution in [-0.4, -0.2) is 24.2 Å². The topological polar surface area (TPSA) is 70.3 Å². The van der Waals surface area contributed by atoms with Crippen LogP contribution in [0.2, 0.25) is 0 Å². The summed E-state index contributed by atoms with van der Waals surface area (Å²) in [4.78, 5) is 6.71. The van der Waals surface area contributed by atoms with Crippen LogP contribution in [-0.2, 0) is 6.18 Å². The molecule has 21 heavy (non-hydrogen) atoms. The number of rotatable bonds is 3. The Morgan fingerprint density at radius 3 is 2.38 bits per heavy atom. The minimum atomic E-state index is -4.68. The summed E-state index contributed by atoms with van der Waals surface area (Å²) in [6, 6.07) is 6.04. The number of nitrogen functional groups attached to an aromatic ring is 1. The van der Waals surface area contributed by atoms with Gasteiger partial charge in [-0.25, -0.2) is 9.97 Å². The van der Waals surface area contributed by atoms with Gasteiger partial charge in [-0.05, 0) is 12.1 Å². The Morgan fingerprint density at radius 1 is 1.10 bits per heavy atom. The molecular weight excluding hydrogens is 287 g/mol. The maximum absolute atomic E-state index is 12.8. The molecule has 5 nitrogen and oxygen atoms in total. The molecule has 0 aliphatic rings. The molecule has 2 N–H and O–H groups in total. The molecule has 2 aromatic rings. The third-order valence-corrected chi connectivity index (χ3v) is 2.68. The number of anilines is 1. The van der Waals surface area contributed by atoms with Crippen LogP contribution in [0, 0.1) is 0 Å². The highest BCUT2D eigenvalue weighted by atomic mass is 19.4. The van der Waals surface area contributed by atoms with Crippen LogP contribution in [0.5, 0.6) is 11.5 Å². The van der Waals surface area contributed by atoms with Gasteiger partial charge in [0.05, 0.1) is 19.9 Å². The van der Waals surface area contributed by atoms with Crippen LogP contribution in [0.1, 0.15) is 5.82 Å². The first-order valence-electron chi connectivity index (χ1n) is 5.80. The van der Waals surface area contributed by atoms with Crippen LogP contribution >= 0.6 is 0 Å². The predicted octanol–water partition coefficient (Wildman–Crippen LogP) is 2.76. The van der Waals surface area contributed by atoms with Gasteiger partial charge in [-0.2, -0.15) is 13.2 Å². The van der Waals surface area contributed by atoms with E-state index >= 15 is 0 Å². The third kappa shape index (κ3) is 2.99. The molecule has 0 atom stereocenters. The first kappa shape index (κ1) is 14.9. The lowest BCUT2D eigenvalue weighted by Gasteiger charge is -2.13. The Kier molecular flexibility index (Phi) is 3.88. The first-order chi connectivity index (χ1) is 9.86. The number of alkyl halides is 3. The van der Waals surface area contributed by atoms with Crippen molar-refractivity contribution in [2.75, 3.05) is 20.0 Å². The molecule has 2 rings (SSSR count). The lowest BCUT2D eigenvalue weighted by atomic mass is 10.1. The first-order valence-corrected chi connectivity index (χ1v) is 5.80. The molecule has 0 bridgehead atoms. The van der Waals surface area contributed by atoms with Crippen LogP contribution < -0.4 is 15.2 Å². The van der Waals surface area contributed by atoms with Crippen molar-refractivity contribution >= 4 is 5.82 Å². The SMILES string of the molecule is COc1cccc(-c2cc(N)nc(C(F)(F)F)n2)c1OC. The molecule has 1 aromatic heterocycles. The number of benzene rings is 1. The largest absolute Gasteiger partial charge is 0.493 e. The number of halogens is 3. The van der Waals surface area contributed by atoms with Crippen molar-refractivity contribution in [1.29, 1.82) is 0 Å². The third-order valence-electron chi connectivity index (χ3n) is 2.68. The summed E-state index contributed by atoms with van der Waals surface area (Å²) in [6.45, 7) is 0. The van der Waals surface area contributed by atoms with Gasteiger partial charge in [-0.3, -0.25) is 0 Å². The van der Waals surface area contributed by atoms with Crippen molar-refractivity contribution in [2.24, 2.45) is 0 Å². The van der Waals surface area contributed by atoms with Gasteiger partial charge < -0.3 is 15.2 Å². The maximum atomic E-state index is 12.8. The van der Waals surface area contributed by atoms with E-state index in [2.05, 4.69) is 9.97 Å². The van der Waals surface area contributed by atoms with Crippen LogP contribution in [0.15, 0.2) is 24.3 Å². The summed E-state index contributed by atoms with van der Waals surface area (Å²) in [6.07, 6.45) is -4.68. The van der Waals surface area contributed by atoms with Crippen molar-refractivity contribution in [1.82, 2.24) is 9.97 Å². The van der Waals surface area contributed by atoms with E-state index in [1.807, 2.05) is 0 Å². The average Bonchev–Trinajstić information content (AvgIpc) is 2.44. The Hall–Kier alpha value is -2.51. The molecule has 0 fully saturated rings. The highest BCUT2D eigenvalue weighted by Crippen LogP contribution is 2.38. The van der Waals surface area contributed by atoms with E-state index in [-0.39, 0.29) is 17.3 Å². The zero-order valence-electron chi connectivity index (χ0n) is 11.2. The molecular formula is C13H12F3N3O2. The second kappa shape index (κ2) is 5.47. The number of hydrogen-bond acceptors (Lipinski definition) is 5. The average molecular weight is 299 g/mol. The van der Waals surface area contributed by atoms with E-state index in [9.17, 15) is 13.2 Å². The number of methoxy groups -OCH3 is 2. The second-order valence-corrected chi connectivity index (χ2v) is 4.04. The molecule has 0 aliphatic heterocycles. The van der Waals surface area contributed by atoms with Crippen molar-refractivity contribution in [2.45, 2.75) is 6.18 Å². The van der Waals surface area contributed by atoms with Crippen LogP contribution in [0.3, 0.4) is 0 Å². The molecule has 1 aromatic carbocycles. The fraction of sp³-hybridized carbons (Fsp3) is 0.231. The minimum Gasteiger partial charge on any atom is -0.493 e. The van der Waals surface area contributed by atoms with Crippen molar-refractivity contribution in [3.63, 3.8) is 0 Å². The maximum Gasteiger partial charge on any atom is 0.451 e. The van der Waals surface area contributed by atoms with Gasteiger partial charge in [0.1, 0.15) is 5.82 Å². The van der Waals surface area contributed by atoms with Crippen LogP contribution in [0.25, 0.3) is 11.3 Å². The van der Waals surface area contributed by atoms with E-state index < -0.39 is 12.0 Å². The normalized spacial score (nSPS) is 11.3. The van der Waals surface area contributed by atoms with Crippen molar-refractivity contribution in [3.05, 3.63) is 30.1 Å². The lowest BCUT2D eigenvalue weighted by molar-refractivity contribution is -0.144. The van der Waals surface area contributed by atoms with E-state index in [1.165, 1.54) is 20.3 Å². The van der Waals surface area contributed by atoms with E-state index in [4.69, 9.17) is 15.2 Å². The molecule has 0 saturated carbocycles. The zero-order valence-corrected chi connectivity index (χ0v) is 11.2. The molecule has 0 aliphatic carbocycles. The number of para-hydroxylation sites is 1. The number of aromatic nitrogens is 2. The fourth-order valence-electron chi connectivity index (χ4n) is 1.82. The smallest absolute Gasteiger partial charge is 0.451 e. The van der Waals surface area contributed by atoms with Crippen molar-refractivity contribution < 1.29 is 22.6 Å². The minimum absolute atomic E-state index is 0.00516. The fourth-order valence-corrected chi connectivity index (χ4v) is 1.82. The molecule has 0 amide bonds. The summed E-state index contributed by atoms with van der Waals surface area (Å²) in [5, 5.41) is 0. The lowest BCUT2D eigenvalue weighted by Crippen LogP contribution is -2.13. The summed E-state index contributed by atoms with van der Waals surface area (Å²) in [5.74, 6) is -0.938. The number of ether oxygens (including phenoxy) is 2. The molecule has 0 spiro atoms. The molecule has 0 radical (unpaired) electrons. The summed E-state index contributed by atoms with van der Waals surface area (Å²) < 4.78 is 48.5. The molecule has 0 unspecified atom stereocenters. The Bertz CT molecular complexity index is 660. The van der Waals surface area contributed by atoms with Gasteiger partial charge in [0.25, 0.3) is 0 Å². The standard InChI is InChI=1S/C13H12F3N3O2/c1-20-9-5-3-4-7(11(9)21-2)8-6-10(17)19-12(18-8)13(14,15)16/h3-6H,1-2H3,(H2,17,18,19). The summed E-state index contributed by atoms with van der Waals surface area (Å²) >= 11 is 0. The Morgan fingerprint density at radius 2 is 1.81 bits per heavy atom. The van der Waals surface area contributed by atoms with Gasteiger partial charge in [0, 0.05) is 11.6 Å². The monoisotopic (exact) mass is 299 g/mol.